The van der Waals surface area contributed by atoms with Crippen molar-refractivity contribution in [1.29, 1.82) is 5.26 Å². The number of alkyl halides is 2. The molecule has 125 valence electrons. The number of aromatic nitrogens is 1. The first-order valence-corrected chi connectivity index (χ1v) is 6.90. The molecule has 6 nitrogen and oxygen atoms in total. The number of carbonyl (C=O) groups excluding carboxylic acids is 2. The second-order valence-electron chi connectivity index (χ2n) is 5.40. The quantitative estimate of drug-likeness (QED) is 0.758. The molecule has 0 aliphatic carbocycles. The summed E-state index contributed by atoms with van der Waals surface area (Å²) < 4.78 is 26.8. The van der Waals surface area contributed by atoms with Gasteiger partial charge in [-0.25, -0.2) is 15.7 Å². The zero-order valence-corrected chi connectivity index (χ0v) is 15.8. The van der Waals surface area contributed by atoms with Gasteiger partial charge in [0.15, 0.2) is 0 Å². The first kappa shape index (κ1) is 20.5. The van der Waals surface area contributed by atoms with Gasteiger partial charge in [0.05, 0.1) is 12.6 Å². The summed E-state index contributed by atoms with van der Waals surface area (Å²) in [4.78, 5) is 29.0. The summed E-state index contributed by atoms with van der Waals surface area (Å²) in [6.07, 6.45) is 0.710. The Balaban J connectivity index is 0.00000288. The molecule has 1 saturated heterocycles. The predicted octanol–water partition coefficient (Wildman–Crippen LogP) is 1.14. The van der Waals surface area contributed by atoms with Crippen molar-refractivity contribution in [2.45, 2.75) is 31.4 Å². The Labute approximate surface area is 163 Å². The Bertz CT molecular complexity index is 678. The average molecular weight is 410 g/mol. The molecular weight excluding hydrogens is 395 g/mol. The van der Waals surface area contributed by atoms with Crippen LogP contribution in [0, 0.1) is 18.3 Å². The third-order valence-electron chi connectivity index (χ3n) is 3.50. The monoisotopic (exact) mass is 410 g/mol. The van der Waals surface area contributed by atoms with Gasteiger partial charge in [0.2, 0.25) is 11.8 Å². The third kappa shape index (κ3) is 4.71. The van der Waals surface area contributed by atoms with E-state index in [9.17, 15) is 18.4 Å². The van der Waals surface area contributed by atoms with Gasteiger partial charge in [-0.05, 0) is 18.6 Å². The number of hydrogen-bond acceptors (Lipinski definition) is 4. The van der Waals surface area contributed by atoms with Crippen LogP contribution in [0.5, 0.6) is 0 Å². The van der Waals surface area contributed by atoms with E-state index in [1.54, 1.807) is 6.07 Å². The molecule has 1 aliphatic rings. The number of halogens is 2. The van der Waals surface area contributed by atoms with Crippen LogP contribution in [-0.4, -0.2) is 46.2 Å². The molecule has 1 N–H and O–H groups in total. The Hall–Kier alpha value is -1.59. The van der Waals surface area contributed by atoms with E-state index in [0.29, 0.717) is 5.69 Å². The molecule has 1 aliphatic heterocycles. The third-order valence-corrected chi connectivity index (χ3v) is 3.50. The maximum atomic E-state index is 13.4. The van der Waals surface area contributed by atoms with E-state index in [1.165, 1.54) is 25.3 Å². The summed E-state index contributed by atoms with van der Waals surface area (Å²) in [5.41, 5.74) is 0.647. The van der Waals surface area contributed by atoms with Crippen molar-refractivity contribution in [3.05, 3.63) is 36.5 Å². The van der Waals surface area contributed by atoms with E-state index in [1.807, 2.05) is 0 Å². The first-order valence-electron chi connectivity index (χ1n) is 6.90. The van der Waals surface area contributed by atoms with Crippen molar-refractivity contribution in [2.75, 3.05) is 6.54 Å². The second-order valence-corrected chi connectivity index (χ2v) is 5.40. The maximum absolute atomic E-state index is 13.4. The van der Waals surface area contributed by atoms with E-state index in [0.717, 1.165) is 4.90 Å². The van der Waals surface area contributed by atoms with E-state index < -0.39 is 42.8 Å². The zero-order valence-electron chi connectivity index (χ0n) is 13.0. The molecule has 1 aromatic rings. The Morgan fingerprint density at radius 2 is 2.25 bits per heavy atom. The van der Waals surface area contributed by atoms with Crippen molar-refractivity contribution in [3.63, 3.8) is 0 Å². The summed E-state index contributed by atoms with van der Waals surface area (Å²) in [5, 5.41) is 11.3. The van der Waals surface area contributed by atoms with Crippen molar-refractivity contribution in [2.24, 2.45) is 0 Å². The van der Waals surface area contributed by atoms with Gasteiger partial charge in [-0.3, -0.25) is 14.6 Å². The maximum Gasteiger partial charge on any atom is 0.268 e. The molecule has 0 spiro atoms. The molecular formula is C15H15F2N4O2Y-. The van der Waals surface area contributed by atoms with Gasteiger partial charge in [-0.1, -0.05) is 0 Å². The molecule has 2 heterocycles. The van der Waals surface area contributed by atoms with E-state index >= 15 is 0 Å². The average Bonchev–Trinajstić information content (AvgIpc) is 2.81. The topological polar surface area (TPSA) is 86.1 Å². The normalized spacial score (nSPS) is 19.8. The van der Waals surface area contributed by atoms with Crippen LogP contribution in [0.3, 0.4) is 0 Å². The molecule has 2 atom stereocenters. The van der Waals surface area contributed by atoms with Crippen molar-refractivity contribution in [3.8, 4) is 6.07 Å². The molecule has 0 aromatic carbocycles. The van der Waals surface area contributed by atoms with Crippen LogP contribution in [-0.2, 0) is 37.5 Å². The number of likely N-dealkylation sites (tertiary alicyclic amines) is 1. The molecule has 1 fully saturated rings. The zero-order chi connectivity index (χ0) is 17.2. The van der Waals surface area contributed by atoms with Crippen LogP contribution in [0.15, 0.2) is 18.3 Å². The molecule has 9 heteroatoms. The van der Waals surface area contributed by atoms with Crippen LogP contribution in [0.2, 0.25) is 0 Å². The van der Waals surface area contributed by atoms with Gasteiger partial charge in [0.1, 0.15) is 12.1 Å². The summed E-state index contributed by atoms with van der Waals surface area (Å²) in [6.45, 7) is 4.16. The molecule has 1 aromatic heterocycles. The predicted molar refractivity (Wildman–Crippen MR) is 76.3 cm³/mol. The molecule has 2 unspecified atom stereocenters. The molecule has 2 amide bonds. The fourth-order valence-electron chi connectivity index (χ4n) is 2.37. The molecule has 1 radical (unpaired) electrons. The van der Waals surface area contributed by atoms with E-state index in [2.05, 4.69) is 17.2 Å². The van der Waals surface area contributed by atoms with E-state index in [4.69, 9.17) is 5.26 Å². The fraction of sp³-hybridized carbons (Fsp3) is 0.400. The number of hydrogen-bond donors (Lipinski definition) is 1. The minimum Gasteiger partial charge on any atom is -0.342 e. The first-order chi connectivity index (χ1) is 10.7. The molecule has 24 heavy (non-hydrogen) atoms. The SMILES string of the molecule is [CH2-]c1cc(C(=O)NC(C)C(=O)N2CC(F)(F)CC2C#N)ccn1.[Y]. The van der Waals surface area contributed by atoms with Crippen molar-refractivity contribution in [1.82, 2.24) is 15.2 Å². The smallest absolute Gasteiger partial charge is 0.268 e. The summed E-state index contributed by atoms with van der Waals surface area (Å²) >= 11 is 0. The summed E-state index contributed by atoms with van der Waals surface area (Å²) in [7, 11) is 0. The molecule has 0 bridgehead atoms. The van der Waals surface area contributed by atoms with Crippen LogP contribution in [0.4, 0.5) is 8.78 Å². The summed E-state index contributed by atoms with van der Waals surface area (Å²) in [6, 6.07) is 2.36. The molecule has 2 rings (SSSR count). The van der Waals surface area contributed by atoms with Crippen LogP contribution >= 0.6 is 0 Å². The minimum absolute atomic E-state index is 0. The van der Waals surface area contributed by atoms with Gasteiger partial charge in [-0.15, -0.1) is 5.69 Å². The second kappa shape index (κ2) is 7.99. The van der Waals surface area contributed by atoms with Crippen LogP contribution in [0.1, 0.15) is 29.4 Å². The van der Waals surface area contributed by atoms with Gasteiger partial charge in [0.25, 0.3) is 5.92 Å². The Kier molecular flexibility index (Phi) is 6.81. The van der Waals surface area contributed by atoms with Crippen molar-refractivity contribution < 1.29 is 51.1 Å². The Morgan fingerprint density at radius 3 is 2.83 bits per heavy atom. The van der Waals surface area contributed by atoms with Crippen LogP contribution in [0.25, 0.3) is 0 Å². The van der Waals surface area contributed by atoms with E-state index in [-0.39, 0.29) is 38.3 Å². The number of nitrogens with zero attached hydrogens (tertiary/aromatic N) is 3. The molecule has 0 saturated carbocycles. The van der Waals surface area contributed by atoms with Gasteiger partial charge < -0.3 is 10.2 Å². The van der Waals surface area contributed by atoms with Crippen molar-refractivity contribution >= 4 is 11.8 Å². The number of rotatable bonds is 3. The summed E-state index contributed by atoms with van der Waals surface area (Å²) in [5.74, 6) is -4.35. The number of nitrogens with one attached hydrogen (secondary N) is 1. The number of amides is 2. The van der Waals surface area contributed by atoms with Crippen LogP contribution < -0.4 is 5.32 Å². The van der Waals surface area contributed by atoms with Gasteiger partial charge in [-0.2, -0.15) is 11.3 Å². The van der Waals surface area contributed by atoms with Gasteiger partial charge >= 0.3 is 0 Å². The number of pyridine rings is 1. The fourth-order valence-corrected chi connectivity index (χ4v) is 2.37. The largest absolute Gasteiger partial charge is 0.342 e. The Morgan fingerprint density at radius 1 is 1.58 bits per heavy atom. The number of nitriles is 1. The standard InChI is InChI=1S/C15H15F2N4O2.Y/c1-9-5-11(3-4-19-9)13(22)20-10(2)14(23)21-8-15(16,17)6-12(21)7-18;/h3-5,10,12H,1,6,8H2,2H3,(H,20,22);/q-1;. The van der Waals surface area contributed by atoms with Gasteiger partial charge in [0, 0.05) is 45.3 Å². The number of carbonyl (C=O) groups is 2. The minimum atomic E-state index is -3.09.